The minimum absolute atomic E-state index is 0.00583. The number of aromatic hydroxyl groups is 1. The molecular formula is C14H22O. The van der Waals surface area contributed by atoms with Crippen LogP contribution in [0.1, 0.15) is 49.9 Å². The highest BCUT2D eigenvalue weighted by atomic mass is 16.3. The largest absolute Gasteiger partial charge is 0.507 e. The van der Waals surface area contributed by atoms with Crippen molar-refractivity contribution in [3.63, 3.8) is 0 Å². The molecule has 0 radical (unpaired) electrons. The van der Waals surface area contributed by atoms with E-state index in [9.17, 15) is 5.11 Å². The third kappa shape index (κ3) is 2.17. The molecule has 1 N–H and O–H groups in total. The molecule has 0 atom stereocenters. The maximum Gasteiger partial charge on any atom is 0.122 e. The van der Waals surface area contributed by atoms with Crippen LogP contribution >= 0.6 is 0 Å². The van der Waals surface area contributed by atoms with Gasteiger partial charge in [0.1, 0.15) is 5.75 Å². The van der Waals surface area contributed by atoms with Gasteiger partial charge < -0.3 is 5.11 Å². The topological polar surface area (TPSA) is 20.2 Å². The zero-order chi connectivity index (χ0) is 11.8. The highest BCUT2D eigenvalue weighted by Crippen LogP contribution is 2.36. The lowest BCUT2D eigenvalue weighted by molar-refractivity contribution is 0.441. The monoisotopic (exact) mass is 206 g/mol. The van der Waals surface area contributed by atoms with Gasteiger partial charge >= 0.3 is 0 Å². The summed E-state index contributed by atoms with van der Waals surface area (Å²) in [4.78, 5) is 0. The van der Waals surface area contributed by atoms with E-state index in [1.165, 1.54) is 11.1 Å². The Morgan fingerprint density at radius 1 is 1.20 bits per heavy atom. The molecule has 0 aliphatic heterocycles. The number of rotatable bonds is 1. The van der Waals surface area contributed by atoms with Gasteiger partial charge in [-0.25, -0.2) is 0 Å². The van der Waals surface area contributed by atoms with Gasteiger partial charge in [0, 0.05) is 0 Å². The van der Waals surface area contributed by atoms with Crippen LogP contribution in [0.4, 0.5) is 0 Å². The Morgan fingerprint density at radius 3 is 2.13 bits per heavy atom. The van der Waals surface area contributed by atoms with Crippen LogP contribution in [-0.4, -0.2) is 5.11 Å². The maximum absolute atomic E-state index is 10.2. The van der Waals surface area contributed by atoms with E-state index in [1.54, 1.807) is 0 Å². The summed E-state index contributed by atoms with van der Waals surface area (Å²) >= 11 is 0. The fourth-order valence-electron chi connectivity index (χ4n) is 2.13. The van der Waals surface area contributed by atoms with Crippen LogP contribution in [0.15, 0.2) is 6.07 Å². The van der Waals surface area contributed by atoms with Gasteiger partial charge in [-0.3, -0.25) is 0 Å². The molecular weight excluding hydrogens is 184 g/mol. The van der Waals surface area contributed by atoms with E-state index < -0.39 is 0 Å². The molecule has 1 aromatic carbocycles. The molecule has 1 nitrogen and oxygen atoms in total. The van der Waals surface area contributed by atoms with Crippen molar-refractivity contribution in [3.05, 3.63) is 28.3 Å². The minimum atomic E-state index is 0.00583. The van der Waals surface area contributed by atoms with Crippen LogP contribution in [0.5, 0.6) is 5.75 Å². The fourth-order valence-corrected chi connectivity index (χ4v) is 2.13. The predicted molar refractivity (Wildman–Crippen MR) is 65.7 cm³/mol. The molecule has 0 spiro atoms. The molecule has 1 rings (SSSR count). The van der Waals surface area contributed by atoms with Crippen LogP contribution < -0.4 is 0 Å². The minimum Gasteiger partial charge on any atom is -0.507 e. The number of hydrogen-bond acceptors (Lipinski definition) is 1. The smallest absolute Gasteiger partial charge is 0.122 e. The van der Waals surface area contributed by atoms with E-state index in [0.29, 0.717) is 5.75 Å². The Labute approximate surface area is 93.1 Å². The van der Waals surface area contributed by atoms with Crippen molar-refractivity contribution < 1.29 is 5.11 Å². The van der Waals surface area contributed by atoms with Gasteiger partial charge in [-0.1, -0.05) is 33.8 Å². The second kappa shape index (κ2) is 3.88. The number of aryl methyl sites for hydroxylation is 1. The molecule has 0 aliphatic rings. The Kier molecular flexibility index (Phi) is 3.13. The molecule has 0 saturated carbocycles. The maximum atomic E-state index is 10.2. The summed E-state index contributed by atoms with van der Waals surface area (Å²) < 4.78 is 0. The van der Waals surface area contributed by atoms with E-state index in [1.807, 2.05) is 6.92 Å². The van der Waals surface area contributed by atoms with E-state index in [2.05, 4.69) is 40.7 Å². The van der Waals surface area contributed by atoms with Crippen molar-refractivity contribution in [2.75, 3.05) is 0 Å². The normalized spacial score (nSPS) is 11.9. The van der Waals surface area contributed by atoms with E-state index >= 15 is 0 Å². The van der Waals surface area contributed by atoms with Gasteiger partial charge in [-0.2, -0.15) is 0 Å². The average molecular weight is 206 g/mol. The molecule has 15 heavy (non-hydrogen) atoms. The molecule has 0 heterocycles. The predicted octanol–water partition coefficient (Wildman–Crippen LogP) is 3.87. The molecule has 0 bridgehead atoms. The summed E-state index contributed by atoms with van der Waals surface area (Å²) in [5.74, 6) is 0.477. The summed E-state index contributed by atoms with van der Waals surface area (Å²) in [6.07, 6.45) is 0.982. The van der Waals surface area contributed by atoms with Crippen LogP contribution in [0.2, 0.25) is 0 Å². The van der Waals surface area contributed by atoms with Gasteiger partial charge in [0.15, 0.2) is 0 Å². The Bertz CT molecular complexity index is 370. The van der Waals surface area contributed by atoms with E-state index in [4.69, 9.17) is 0 Å². The Morgan fingerprint density at radius 2 is 1.73 bits per heavy atom. The lowest BCUT2D eigenvalue weighted by Gasteiger charge is -2.24. The first-order valence-electron chi connectivity index (χ1n) is 5.61. The zero-order valence-electron chi connectivity index (χ0n) is 10.7. The number of phenols is 1. The first-order valence-corrected chi connectivity index (χ1v) is 5.61. The Balaban J connectivity index is 3.48. The molecule has 0 aliphatic carbocycles. The summed E-state index contributed by atoms with van der Waals surface area (Å²) in [7, 11) is 0. The lowest BCUT2D eigenvalue weighted by Crippen LogP contribution is -2.13. The molecule has 0 amide bonds. The summed E-state index contributed by atoms with van der Waals surface area (Å²) in [6, 6.07) is 2.13. The standard InChI is InChI=1S/C14H22O/c1-7-11-9(2)8-12(14(4,5)6)13(15)10(11)3/h8,15H,7H2,1-6H3. The highest BCUT2D eigenvalue weighted by molar-refractivity contribution is 5.51. The first kappa shape index (κ1) is 12.1. The lowest BCUT2D eigenvalue weighted by atomic mass is 9.82. The summed E-state index contributed by atoms with van der Waals surface area (Å²) in [6.45, 7) is 12.7. The van der Waals surface area contributed by atoms with Gasteiger partial charge in [-0.15, -0.1) is 0 Å². The van der Waals surface area contributed by atoms with Crippen molar-refractivity contribution in [3.8, 4) is 5.75 Å². The van der Waals surface area contributed by atoms with Crippen LogP contribution in [-0.2, 0) is 11.8 Å². The van der Waals surface area contributed by atoms with E-state index in [0.717, 1.165) is 17.5 Å². The van der Waals surface area contributed by atoms with E-state index in [-0.39, 0.29) is 5.41 Å². The quantitative estimate of drug-likeness (QED) is 0.739. The summed E-state index contributed by atoms with van der Waals surface area (Å²) in [5, 5.41) is 10.2. The SMILES string of the molecule is CCc1c(C)cc(C(C)(C)C)c(O)c1C. The third-order valence-corrected chi connectivity index (χ3v) is 3.06. The average Bonchev–Trinajstić information content (AvgIpc) is 2.10. The second-order valence-electron chi connectivity index (χ2n) is 5.30. The van der Waals surface area contributed by atoms with Gasteiger partial charge in [-0.05, 0) is 47.9 Å². The number of phenolic OH excluding ortho intramolecular Hbond substituents is 1. The first-order chi connectivity index (χ1) is 6.79. The molecule has 1 aromatic rings. The van der Waals surface area contributed by atoms with Crippen LogP contribution in [0, 0.1) is 13.8 Å². The van der Waals surface area contributed by atoms with Crippen LogP contribution in [0.25, 0.3) is 0 Å². The van der Waals surface area contributed by atoms with Gasteiger partial charge in [0.25, 0.3) is 0 Å². The molecule has 1 heteroatoms. The highest BCUT2D eigenvalue weighted by Gasteiger charge is 2.21. The van der Waals surface area contributed by atoms with Crippen molar-refractivity contribution in [2.45, 2.75) is 53.4 Å². The number of hydrogen-bond donors (Lipinski definition) is 1. The molecule has 84 valence electrons. The zero-order valence-corrected chi connectivity index (χ0v) is 10.7. The third-order valence-electron chi connectivity index (χ3n) is 3.06. The van der Waals surface area contributed by atoms with Gasteiger partial charge in [0.05, 0.1) is 0 Å². The molecule has 0 aromatic heterocycles. The fraction of sp³-hybridized carbons (Fsp3) is 0.571. The van der Waals surface area contributed by atoms with Gasteiger partial charge in [0.2, 0.25) is 0 Å². The Hall–Kier alpha value is -0.980. The second-order valence-corrected chi connectivity index (χ2v) is 5.30. The molecule has 0 saturated heterocycles. The van der Waals surface area contributed by atoms with Crippen molar-refractivity contribution in [1.82, 2.24) is 0 Å². The number of benzene rings is 1. The van der Waals surface area contributed by atoms with Crippen molar-refractivity contribution in [2.24, 2.45) is 0 Å². The molecule has 0 fully saturated rings. The van der Waals surface area contributed by atoms with Crippen molar-refractivity contribution >= 4 is 0 Å². The summed E-state index contributed by atoms with van der Waals surface area (Å²) in [5.41, 5.74) is 4.67. The van der Waals surface area contributed by atoms with Crippen molar-refractivity contribution in [1.29, 1.82) is 0 Å². The molecule has 0 unspecified atom stereocenters. The van der Waals surface area contributed by atoms with Crippen LogP contribution in [0.3, 0.4) is 0 Å².